The summed E-state index contributed by atoms with van der Waals surface area (Å²) in [6.07, 6.45) is 5.81. The lowest BCUT2D eigenvalue weighted by atomic mass is 9.88. The van der Waals surface area contributed by atoms with Crippen LogP contribution in [0.5, 0.6) is 0 Å². The minimum atomic E-state index is -0.938. The maximum absolute atomic E-state index is 11.4. The molecule has 0 atom stereocenters. The summed E-state index contributed by atoms with van der Waals surface area (Å²) in [5.74, 6) is -0.849. The molecule has 86 valence electrons. The maximum Gasteiger partial charge on any atom is 0.329 e. The van der Waals surface area contributed by atoms with E-state index in [4.69, 9.17) is 0 Å². The summed E-state index contributed by atoms with van der Waals surface area (Å²) in [5.41, 5.74) is -0.938. The number of aliphatic carboxylic acids is 1. The summed E-state index contributed by atoms with van der Waals surface area (Å²) in [6.45, 7) is 2.29. The molecule has 1 fully saturated rings. The Hall–Kier alpha value is -1.06. The van der Waals surface area contributed by atoms with Crippen molar-refractivity contribution >= 4 is 12.4 Å². The van der Waals surface area contributed by atoms with Crippen molar-refractivity contribution in [2.24, 2.45) is 0 Å². The van der Waals surface area contributed by atoms with E-state index in [0.29, 0.717) is 25.8 Å². The highest BCUT2D eigenvalue weighted by atomic mass is 16.4. The number of carboxylic acids is 1. The third kappa shape index (κ3) is 2.30. The summed E-state index contributed by atoms with van der Waals surface area (Å²) in [7, 11) is 0. The molecule has 15 heavy (non-hydrogen) atoms. The van der Waals surface area contributed by atoms with Gasteiger partial charge in [-0.3, -0.25) is 4.79 Å². The number of carboxylic acid groups (broad SMARTS) is 1. The molecule has 1 saturated carbocycles. The van der Waals surface area contributed by atoms with E-state index in [1.54, 1.807) is 0 Å². The van der Waals surface area contributed by atoms with E-state index in [-0.39, 0.29) is 0 Å². The van der Waals surface area contributed by atoms with Gasteiger partial charge >= 0.3 is 5.97 Å². The van der Waals surface area contributed by atoms with E-state index < -0.39 is 11.5 Å². The summed E-state index contributed by atoms with van der Waals surface area (Å²) in [5, 5.41) is 9.35. The number of hydrogen-bond donors (Lipinski definition) is 1. The van der Waals surface area contributed by atoms with E-state index >= 15 is 0 Å². The first kappa shape index (κ1) is 12.0. The predicted molar refractivity (Wildman–Crippen MR) is 56.5 cm³/mol. The van der Waals surface area contributed by atoms with Crippen LogP contribution in [-0.2, 0) is 9.59 Å². The first-order valence-corrected chi connectivity index (χ1v) is 5.63. The van der Waals surface area contributed by atoms with Crippen molar-refractivity contribution in [1.82, 2.24) is 4.90 Å². The van der Waals surface area contributed by atoms with Crippen molar-refractivity contribution in [2.45, 2.75) is 51.0 Å². The first-order chi connectivity index (χ1) is 7.17. The summed E-state index contributed by atoms with van der Waals surface area (Å²) in [6, 6.07) is 0. The Morgan fingerprint density at radius 3 is 2.20 bits per heavy atom. The van der Waals surface area contributed by atoms with Gasteiger partial charge in [0.05, 0.1) is 0 Å². The van der Waals surface area contributed by atoms with Crippen LogP contribution in [0.1, 0.15) is 45.4 Å². The highest BCUT2D eigenvalue weighted by Crippen LogP contribution is 2.32. The van der Waals surface area contributed by atoms with E-state index in [0.717, 1.165) is 25.7 Å². The van der Waals surface area contributed by atoms with Crippen LogP contribution in [0, 0.1) is 0 Å². The number of carbonyl (C=O) groups is 2. The largest absolute Gasteiger partial charge is 0.479 e. The number of nitrogens with zero attached hydrogens (tertiary/aromatic N) is 1. The second kappa shape index (κ2) is 5.14. The Labute approximate surface area is 90.3 Å². The monoisotopic (exact) mass is 213 g/mol. The molecule has 0 aromatic rings. The molecule has 0 heterocycles. The molecule has 1 N–H and O–H groups in total. The van der Waals surface area contributed by atoms with Gasteiger partial charge in [0.2, 0.25) is 6.41 Å². The van der Waals surface area contributed by atoms with Crippen LogP contribution in [0.4, 0.5) is 0 Å². The number of rotatable bonds is 4. The number of hydrogen-bond acceptors (Lipinski definition) is 2. The molecule has 0 saturated heterocycles. The molecule has 0 aliphatic heterocycles. The minimum Gasteiger partial charge on any atom is -0.479 e. The van der Waals surface area contributed by atoms with Gasteiger partial charge in [-0.05, 0) is 19.8 Å². The molecule has 1 amide bonds. The molecule has 1 rings (SSSR count). The maximum atomic E-state index is 11.4. The molecule has 0 radical (unpaired) electrons. The van der Waals surface area contributed by atoms with Crippen molar-refractivity contribution in [2.75, 3.05) is 6.54 Å². The van der Waals surface area contributed by atoms with Gasteiger partial charge in [0.1, 0.15) is 5.54 Å². The minimum absolute atomic E-state index is 0.468. The Morgan fingerprint density at radius 1 is 1.33 bits per heavy atom. The third-order valence-corrected chi connectivity index (χ3v) is 3.35. The zero-order valence-corrected chi connectivity index (χ0v) is 9.24. The number of amides is 1. The number of likely N-dealkylation sites (N-methyl/N-ethyl adjacent to an activating group) is 1. The quantitative estimate of drug-likeness (QED) is 0.570. The molecule has 0 unspecified atom stereocenters. The molecule has 1 aliphatic carbocycles. The van der Waals surface area contributed by atoms with Crippen LogP contribution in [0.3, 0.4) is 0 Å². The Balaban J connectivity index is 2.93. The summed E-state index contributed by atoms with van der Waals surface area (Å²) < 4.78 is 0. The average Bonchev–Trinajstić information content (AvgIpc) is 2.46. The number of carbonyl (C=O) groups excluding carboxylic acids is 1. The van der Waals surface area contributed by atoms with Gasteiger partial charge in [-0.1, -0.05) is 25.7 Å². The standard InChI is InChI=1S/C11H19NO3/c1-2-12(9-13)11(10(14)15)7-5-3-4-6-8-11/h9H,2-8H2,1H3,(H,14,15). The van der Waals surface area contributed by atoms with Gasteiger partial charge in [0, 0.05) is 6.54 Å². The Kier molecular flexibility index (Phi) is 4.12. The van der Waals surface area contributed by atoms with Gasteiger partial charge in [0.15, 0.2) is 0 Å². The van der Waals surface area contributed by atoms with E-state index in [9.17, 15) is 14.7 Å². The third-order valence-electron chi connectivity index (χ3n) is 3.35. The van der Waals surface area contributed by atoms with E-state index in [1.807, 2.05) is 6.92 Å². The van der Waals surface area contributed by atoms with Crippen LogP contribution in [0.25, 0.3) is 0 Å². The molecule has 0 aromatic heterocycles. The zero-order valence-electron chi connectivity index (χ0n) is 9.24. The van der Waals surface area contributed by atoms with Gasteiger partial charge < -0.3 is 10.0 Å². The molecule has 0 spiro atoms. The average molecular weight is 213 g/mol. The van der Waals surface area contributed by atoms with Crippen LogP contribution >= 0.6 is 0 Å². The fourth-order valence-corrected chi connectivity index (χ4v) is 2.42. The fraction of sp³-hybridized carbons (Fsp3) is 0.818. The van der Waals surface area contributed by atoms with Gasteiger partial charge in [-0.2, -0.15) is 0 Å². The van der Waals surface area contributed by atoms with Crippen molar-refractivity contribution in [3.63, 3.8) is 0 Å². The lowest BCUT2D eigenvalue weighted by molar-refractivity contribution is -0.156. The molecular formula is C11H19NO3. The van der Waals surface area contributed by atoms with Crippen molar-refractivity contribution in [1.29, 1.82) is 0 Å². The second-order valence-corrected chi connectivity index (χ2v) is 4.14. The molecule has 0 aromatic carbocycles. The van der Waals surface area contributed by atoms with Gasteiger partial charge in [-0.25, -0.2) is 4.79 Å². The lowest BCUT2D eigenvalue weighted by Gasteiger charge is -2.37. The first-order valence-electron chi connectivity index (χ1n) is 5.63. The molecule has 4 nitrogen and oxygen atoms in total. The van der Waals surface area contributed by atoms with Gasteiger partial charge in [-0.15, -0.1) is 0 Å². The van der Waals surface area contributed by atoms with Gasteiger partial charge in [0.25, 0.3) is 0 Å². The smallest absolute Gasteiger partial charge is 0.329 e. The van der Waals surface area contributed by atoms with Crippen molar-refractivity contribution in [3.05, 3.63) is 0 Å². The highest BCUT2D eigenvalue weighted by molar-refractivity contribution is 5.81. The Morgan fingerprint density at radius 2 is 1.87 bits per heavy atom. The van der Waals surface area contributed by atoms with Crippen molar-refractivity contribution < 1.29 is 14.7 Å². The van der Waals surface area contributed by atoms with Crippen molar-refractivity contribution in [3.8, 4) is 0 Å². The molecular weight excluding hydrogens is 194 g/mol. The molecule has 1 aliphatic rings. The van der Waals surface area contributed by atoms with E-state index in [2.05, 4.69) is 0 Å². The van der Waals surface area contributed by atoms with Crippen LogP contribution in [0.15, 0.2) is 0 Å². The summed E-state index contributed by atoms with van der Waals surface area (Å²) >= 11 is 0. The van der Waals surface area contributed by atoms with Crippen LogP contribution in [0.2, 0.25) is 0 Å². The van der Waals surface area contributed by atoms with Crippen LogP contribution < -0.4 is 0 Å². The molecule has 0 bridgehead atoms. The SMILES string of the molecule is CCN(C=O)C1(C(=O)O)CCCCCC1. The zero-order chi connectivity index (χ0) is 11.3. The topological polar surface area (TPSA) is 57.6 Å². The van der Waals surface area contributed by atoms with Crippen LogP contribution in [-0.4, -0.2) is 34.5 Å². The van der Waals surface area contributed by atoms with E-state index in [1.165, 1.54) is 4.90 Å². The fourth-order valence-electron chi connectivity index (χ4n) is 2.42. The Bertz CT molecular complexity index is 232. The lowest BCUT2D eigenvalue weighted by Crippen LogP contribution is -2.53. The molecule has 4 heteroatoms. The summed E-state index contributed by atoms with van der Waals surface area (Å²) in [4.78, 5) is 23.8. The predicted octanol–water partition coefficient (Wildman–Crippen LogP) is 1.64. The normalized spacial score (nSPS) is 20.3. The highest BCUT2D eigenvalue weighted by Gasteiger charge is 2.43. The second-order valence-electron chi connectivity index (χ2n) is 4.14.